The zero-order chi connectivity index (χ0) is 20.8. The molecule has 9 heteroatoms. The number of amides is 3. The number of rotatable bonds is 8. The average Bonchev–Trinajstić information content (AvgIpc) is 2.96. The van der Waals surface area contributed by atoms with E-state index < -0.39 is 36.9 Å². The molecule has 0 bridgehead atoms. The minimum Gasteiger partial charge on any atom is -0.492 e. The maximum Gasteiger partial charge on any atom is 0.326 e. The molecule has 1 aromatic rings. The summed E-state index contributed by atoms with van der Waals surface area (Å²) in [5.74, 6) is -2.20. The summed E-state index contributed by atoms with van der Waals surface area (Å²) < 4.78 is 10.3. The number of ether oxygens (including phenoxy) is 2. The van der Waals surface area contributed by atoms with Crippen molar-refractivity contribution in [2.75, 3.05) is 26.3 Å². The van der Waals surface area contributed by atoms with Gasteiger partial charge in [-0.3, -0.25) is 24.1 Å². The van der Waals surface area contributed by atoms with Gasteiger partial charge in [0.1, 0.15) is 18.9 Å². The molecule has 1 aliphatic heterocycles. The van der Waals surface area contributed by atoms with Crippen molar-refractivity contribution >= 4 is 35.3 Å². The number of nitrogens with one attached hydrogen (secondary N) is 1. The van der Waals surface area contributed by atoms with Crippen LogP contribution in [0.3, 0.4) is 0 Å². The van der Waals surface area contributed by atoms with Gasteiger partial charge in [-0.25, -0.2) is 0 Å². The van der Waals surface area contributed by atoms with E-state index in [1.165, 1.54) is 0 Å². The molecule has 1 aromatic carbocycles. The summed E-state index contributed by atoms with van der Waals surface area (Å²) in [6.07, 6.45) is 4.74. The number of imide groups is 1. The van der Waals surface area contributed by atoms with Gasteiger partial charge in [0, 0.05) is 5.02 Å². The number of carbonyl (C=O) groups excluding carboxylic acids is 4. The average molecular weight is 421 g/mol. The zero-order valence-electron chi connectivity index (χ0n) is 15.6. The first-order valence-corrected chi connectivity index (χ1v) is 9.64. The Morgan fingerprint density at radius 2 is 1.69 bits per heavy atom. The van der Waals surface area contributed by atoms with Gasteiger partial charge in [0.05, 0.1) is 18.4 Å². The van der Waals surface area contributed by atoms with E-state index in [1.807, 2.05) is 12.2 Å². The van der Waals surface area contributed by atoms with Crippen LogP contribution in [0.15, 0.2) is 36.4 Å². The molecular weight excluding hydrogens is 400 g/mol. The predicted octanol–water partition coefficient (Wildman–Crippen LogP) is 1.33. The van der Waals surface area contributed by atoms with Gasteiger partial charge in [-0.05, 0) is 37.1 Å². The van der Waals surface area contributed by atoms with E-state index in [0.29, 0.717) is 23.6 Å². The van der Waals surface area contributed by atoms with E-state index in [0.717, 1.165) is 4.90 Å². The smallest absolute Gasteiger partial charge is 0.326 e. The summed E-state index contributed by atoms with van der Waals surface area (Å²) in [4.78, 5) is 49.2. The topological polar surface area (TPSA) is 102 Å². The lowest BCUT2D eigenvalue weighted by molar-refractivity contribution is -0.154. The van der Waals surface area contributed by atoms with Crippen LogP contribution >= 0.6 is 11.6 Å². The highest BCUT2D eigenvalue weighted by molar-refractivity contribution is 6.30. The van der Waals surface area contributed by atoms with Crippen LogP contribution in [0.2, 0.25) is 5.02 Å². The Morgan fingerprint density at radius 1 is 1.07 bits per heavy atom. The van der Waals surface area contributed by atoms with Crippen LogP contribution in [0.5, 0.6) is 5.75 Å². The summed E-state index contributed by atoms with van der Waals surface area (Å²) in [5.41, 5.74) is 0. The van der Waals surface area contributed by atoms with Crippen molar-refractivity contribution in [3.8, 4) is 5.75 Å². The molecule has 154 valence electrons. The van der Waals surface area contributed by atoms with Gasteiger partial charge in [-0.2, -0.15) is 0 Å². The van der Waals surface area contributed by atoms with E-state index in [9.17, 15) is 19.2 Å². The van der Waals surface area contributed by atoms with Crippen molar-refractivity contribution in [2.45, 2.75) is 12.8 Å². The Balaban J connectivity index is 1.34. The second-order valence-corrected chi connectivity index (χ2v) is 7.17. The first-order chi connectivity index (χ1) is 14.0. The minimum absolute atomic E-state index is 0.221. The Kier molecular flexibility index (Phi) is 6.87. The third kappa shape index (κ3) is 5.35. The summed E-state index contributed by atoms with van der Waals surface area (Å²) >= 11 is 5.78. The van der Waals surface area contributed by atoms with Crippen molar-refractivity contribution in [1.82, 2.24) is 10.2 Å². The van der Waals surface area contributed by atoms with Crippen LogP contribution in [0.4, 0.5) is 0 Å². The fourth-order valence-corrected chi connectivity index (χ4v) is 3.41. The fourth-order valence-electron chi connectivity index (χ4n) is 3.29. The number of hydrogen-bond donors (Lipinski definition) is 1. The highest BCUT2D eigenvalue weighted by Gasteiger charge is 2.47. The lowest BCUT2D eigenvalue weighted by atomic mass is 9.85. The molecule has 1 saturated heterocycles. The Bertz CT molecular complexity index is 797. The highest BCUT2D eigenvalue weighted by atomic mass is 35.5. The molecule has 2 atom stereocenters. The molecule has 0 saturated carbocycles. The number of esters is 1. The number of halogens is 1. The van der Waals surface area contributed by atoms with E-state index >= 15 is 0 Å². The van der Waals surface area contributed by atoms with Crippen molar-refractivity contribution in [3.63, 3.8) is 0 Å². The van der Waals surface area contributed by atoms with Crippen LogP contribution in [-0.4, -0.2) is 54.9 Å². The number of carbonyl (C=O) groups is 4. The van der Waals surface area contributed by atoms with Crippen molar-refractivity contribution in [1.29, 1.82) is 0 Å². The van der Waals surface area contributed by atoms with E-state index in [-0.39, 0.29) is 25.0 Å². The standard InChI is InChI=1S/C20H21ClN2O6/c21-13-5-7-14(8-6-13)28-10-9-22-17(24)12-29-18(25)11-23-19(26)15-3-1-2-4-16(15)20(23)27/h1-2,5-8,15-16H,3-4,9-12H2,(H,22,24)/t15-,16-/m0/s1. The van der Waals surface area contributed by atoms with Crippen LogP contribution in [0.1, 0.15) is 12.8 Å². The number of likely N-dealkylation sites (tertiary alicyclic amines) is 1. The Morgan fingerprint density at radius 3 is 2.31 bits per heavy atom. The first kappa shape index (κ1) is 20.9. The van der Waals surface area contributed by atoms with Gasteiger partial charge in [0.15, 0.2) is 6.61 Å². The molecule has 3 amide bonds. The molecular formula is C20H21ClN2O6. The maximum atomic E-state index is 12.3. The number of benzene rings is 1. The molecule has 3 rings (SSSR count). The maximum absolute atomic E-state index is 12.3. The summed E-state index contributed by atoms with van der Waals surface area (Å²) in [6.45, 7) is -0.518. The van der Waals surface area contributed by atoms with Crippen LogP contribution < -0.4 is 10.1 Å². The van der Waals surface area contributed by atoms with Crippen molar-refractivity contribution in [2.24, 2.45) is 11.8 Å². The van der Waals surface area contributed by atoms with Gasteiger partial charge in [0.25, 0.3) is 5.91 Å². The Hall–Kier alpha value is -2.87. The molecule has 1 aliphatic carbocycles. The van der Waals surface area contributed by atoms with Crippen molar-refractivity contribution < 1.29 is 28.7 Å². The summed E-state index contributed by atoms with van der Waals surface area (Å²) in [7, 11) is 0. The number of fused-ring (bicyclic) bond motifs is 1. The largest absolute Gasteiger partial charge is 0.492 e. The molecule has 8 nitrogen and oxygen atoms in total. The molecule has 0 spiro atoms. The minimum atomic E-state index is -0.800. The quantitative estimate of drug-likeness (QED) is 0.294. The normalized spacial score (nSPS) is 20.4. The van der Waals surface area contributed by atoms with Gasteiger partial charge in [0.2, 0.25) is 11.8 Å². The summed E-state index contributed by atoms with van der Waals surface area (Å²) in [5, 5.41) is 3.15. The lowest BCUT2D eigenvalue weighted by Crippen LogP contribution is -2.38. The molecule has 2 aliphatic rings. The third-order valence-corrected chi connectivity index (χ3v) is 5.01. The molecule has 0 radical (unpaired) electrons. The van der Waals surface area contributed by atoms with E-state index in [2.05, 4.69) is 5.32 Å². The summed E-state index contributed by atoms with van der Waals surface area (Å²) in [6, 6.07) is 6.80. The van der Waals surface area contributed by atoms with Gasteiger partial charge in [-0.1, -0.05) is 23.8 Å². The SMILES string of the molecule is O=C(COC(=O)CN1C(=O)[C@H]2CC=CC[C@@H]2C1=O)NCCOc1ccc(Cl)cc1. The molecule has 1 N–H and O–H groups in total. The van der Waals surface area contributed by atoms with Gasteiger partial charge >= 0.3 is 5.97 Å². The second kappa shape index (κ2) is 9.56. The fraction of sp³-hybridized carbons (Fsp3) is 0.400. The molecule has 0 unspecified atom stereocenters. The van der Waals surface area contributed by atoms with E-state index in [1.54, 1.807) is 24.3 Å². The second-order valence-electron chi connectivity index (χ2n) is 6.73. The third-order valence-electron chi connectivity index (χ3n) is 4.76. The molecule has 0 aromatic heterocycles. The van der Waals surface area contributed by atoms with Crippen molar-refractivity contribution in [3.05, 3.63) is 41.4 Å². The Labute approximate surface area is 172 Å². The molecule has 29 heavy (non-hydrogen) atoms. The zero-order valence-corrected chi connectivity index (χ0v) is 16.4. The number of nitrogens with zero attached hydrogens (tertiary/aromatic N) is 1. The van der Waals surface area contributed by atoms with Crippen LogP contribution in [0.25, 0.3) is 0 Å². The number of allylic oxidation sites excluding steroid dienone is 2. The van der Waals surface area contributed by atoms with Gasteiger partial charge < -0.3 is 14.8 Å². The monoisotopic (exact) mass is 420 g/mol. The molecule has 1 heterocycles. The first-order valence-electron chi connectivity index (χ1n) is 9.26. The predicted molar refractivity (Wildman–Crippen MR) is 103 cm³/mol. The molecule has 1 fully saturated rings. The van der Waals surface area contributed by atoms with Gasteiger partial charge in [-0.15, -0.1) is 0 Å². The van der Waals surface area contributed by atoms with Crippen LogP contribution in [-0.2, 0) is 23.9 Å². The number of hydrogen-bond acceptors (Lipinski definition) is 6. The highest BCUT2D eigenvalue weighted by Crippen LogP contribution is 2.34. The van der Waals surface area contributed by atoms with Crippen LogP contribution in [0, 0.1) is 11.8 Å². The van der Waals surface area contributed by atoms with E-state index in [4.69, 9.17) is 21.1 Å². The lowest BCUT2D eigenvalue weighted by Gasteiger charge is -2.14.